The summed E-state index contributed by atoms with van der Waals surface area (Å²) >= 11 is 0. The average molecular weight is 519 g/mol. The molecule has 0 radical (unpaired) electrons. The lowest BCUT2D eigenvalue weighted by Gasteiger charge is -2.34. The van der Waals surface area contributed by atoms with E-state index in [1.807, 2.05) is 12.1 Å². The zero-order valence-corrected chi connectivity index (χ0v) is 20.6. The Balaban J connectivity index is 1.66. The minimum Gasteiger partial charge on any atom is -0.430 e. The Labute approximate surface area is 208 Å². The average Bonchev–Trinajstić information content (AvgIpc) is 2.83. The molecule has 1 saturated carbocycles. The van der Waals surface area contributed by atoms with Crippen LogP contribution in [0.4, 0.5) is 30.7 Å². The molecule has 3 rings (SSSR count). The van der Waals surface area contributed by atoms with Crippen molar-refractivity contribution in [3.63, 3.8) is 0 Å². The molecule has 1 aliphatic carbocycles. The predicted octanol–water partition coefficient (Wildman–Crippen LogP) is 9.51. The number of aryl methyl sites for hydroxylation is 1. The van der Waals surface area contributed by atoms with Crippen molar-refractivity contribution in [2.24, 2.45) is 5.92 Å². The number of benzene rings is 2. The molecule has 0 heterocycles. The first-order valence-electron chi connectivity index (χ1n) is 12.6. The maximum atomic E-state index is 14.8. The highest BCUT2D eigenvalue weighted by Crippen LogP contribution is 2.45. The van der Waals surface area contributed by atoms with Crippen LogP contribution in [-0.4, -0.2) is 18.5 Å². The molecule has 1 aliphatic rings. The van der Waals surface area contributed by atoms with Crippen LogP contribution in [0.15, 0.2) is 42.5 Å². The second-order valence-electron chi connectivity index (χ2n) is 9.82. The highest BCUT2D eigenvalue weighted by Gasteiger charge is 2.59. The summed E-state index contributed by atoms with van der Waals surface area (Å²) in [7, 11) is 0. The molecule has 0 amide bonds. The van der Waals surface area contributed by atoms with Gasteiger partial charge in [-0.2, -0.15) is 22.0 Å². The highest BCUT2D eigenvalue weighted by molar-refractivity contribution is 5.37. The monoisotopic (exact) mass is 518 g/mol. The summed E-state index contributed by atoms with van der Waals surface area (Å²) < 4.78 is 97.9. The van der Waals surface area contributed by atoms with Gasteiger partial charge in [-0.1, -0.05) is 57.0 Å². The van der Waals surface area contributed by atoms with Crippen LogP contribution < -0.4 is 4.74 Å². The third-order valence-electron chi connectivity index (χ3n) is 7.29. The van der Waals surface area contributed by atoms with Gasteiger partial charge in [0.05, 0.1) is 0 Å². The maximum Gasteiger partial charge on any atom is 0.439 e. The fourth-order valence-electron chi connectivity index (χ4n) is 5.16. The molecule has 36 heavy (non-hydrogen) atoms. The first-order valence-corrected chi connectivity index (χ1v) is 12.6. The van der Waals surface area contributed by atoms with Crippen molar-refractivity contribution in [3.05, 3.63) is 65.0 Å². The van der Waals surface area contributed by atoms with Crippen LogP contribution in [0, 0.1) is 11.7 Å². The molecule has 2 atom stereocenters. The van der Waals surface area contributed by atoms with Gasteiger partial charge in [-0.3, -0.25) is 0 Å². The van der Waals surface area contributed by atoms with Crippen LogP contribution in [0.25, 0.3) is 0 Å². The zero-order chi connectivity index (χ0) is 26.5. The van der Waals surface area contributed by atoms with Crippen molar-refractivity contribution >= 4 is 0 Å². The summed E-state index contributed by atoms with van der Waals surface area (Å²) in [6, 6.07) is 11.0. The summed E-state index contributed by atoms with van der Waals surface area (Å²) in [5.74, 6) is -0.888. The maximum absolute atomic E-state index is 14.8. The molecule has 2 aromatic rings. The lowest BCUT2D eigenvalue weighted by atomic mass is 9.72. The summed E-state index contributed by atoms with van der Waals surface area (Å²) in [6.45, 7) is 3.92. The lowest BCUT2D eigenvalue weighted by molar-refractivity contribution is -0.305. The SMILES string of the molecule is CCCCCc1ccc(C2CCC(C(C)c3ccccc3OC(F)(F)C(F)C(F)(F)F)CC2)c(F)c1. The van der Waals surface area contributed by atoms with E-state index in [0.717, 1.165) is 37.3 Å². The van der Waals surface area contributed by atoms with Gasteiger partial charge in [-0.15, -0.1) is 0 Å². The van der Waals surface area contributed by atoms with Crippen LogP contribution in [0.5, 0.6) is 5.75 Å². The van der Waals surface area contributed by atoms with Gasteiger partial charge in [0.2, 0.25) is 0 Å². The summed E-state index contributed by atoms with van der Waals surface area (Å²) in [6.07, 6.45) is -8.33. The smallest absolute Gasteiger partial charge is 0.430 e. The zero-order valence-electron chi connectivity index (χ0n) is 20.6. The number of alkyl halides is 6. The molecule has 2 aromatic carbocycles. The lowest BCUT2D eigenvalue weighted by Crippen LogP contribution is -2.45. The van der Waals surface area contributed by atoms with Crippen molar-refractivity contribution < 1.29 is 35.5 Å². The van der Waals surface area contributed by atoms with Crippen molar-refractivity contribution in [1.29, 1.82) is 0 Å². The fourth-order valence-corrected chi connectivity index (χ4v) is 5.16. The molecule has 0 spiro atoms. The van der Waals surface area contributed by atoms with Gasteiger partial charge < -0.3 is 4.74 Å². The number of unbranched alkanes of at least 4 members (excludes halogenated alkanes) is 2. The number of halogens is 7. The third-order valence-corrected chi connectivity index (χ3v) is 7.29. The molecule has 1 nitrogen and oxygen atoms in total. The minimum absolute atomic E-state index is 0.0415. The predicted molar refractivity (Wildman–Crippen MR) is 126 cm³/mol. The van der Waals surface area contributed by atoms with Crippen molar-refractivity contribution in [2.75, 3.05) is 0 Å². The Hall–Kier alpha value is -2.25. The normalized spacial score (nSPS) is 20.7. The fraction of sp³-hybridized carbons (Fsp3) is 0.571. The van der Waals surface area contributed by atoms with Gasteiger partial charge in [0.25, 0.3) is 6.17 Å². The molecule has 200 valence electrons. The first-order chi connectivity index (χ1) is 16.9. The van der Waals surface area contributed by atoms with E-state index in [4.69, 9.17) is 0 Å². The van der Waals surface area contributed by atoms with Crippen molar-refractivity contribution in [3.8, 4) is 5.75 Å². The standard InChI is InChI=1S/C28H33F7O/c1-3-4-5-8-19-11-16-23(24(29)17-19)21-14-12-20(13-15-21)18(2)22-9-6-7-10-25(22)36-28(34,35)26(30)27(31,32)33/h6-7,9-11,16-18,20-21,26H,3-5,8,12-15H2,1-2H3. The second-order valence-corrected chi connectivity index (χ2v) is 9.82. The third kappa shape index (κ3) is 6.94. The van der Waals surface area contributed by atoms with Crippen LogP contribution in [0.3, 0.4) is 0 Å². The number of para-hydroxylation sites is 1. The molecule has 0 saturated heterocycles. The van der Waals surface area contributed by atoms with Crippen LogP contribution >= 0.6 is 0 Å². The van der Waals surface area contributed by atoms with E-state index in [1.165, 1.54) is 12.1 Å². The van der Waals surface area contributed by atoms with Crippen molar-refractivity contribution in [1.82, 2.24) is 0 Å². The summed E-state index contributed by atoms with van der Waals surface area (Å²) in [4.78, 5) is 0. The van der Waals surface area contributed by atoms with Gasteiger partial charge in [-0.25, -0.2) is 8.78 Å². The number of ether oxygens (including phenoxy) is 1. The molecule has 0 aliphatic heterocycles. The van der Waals surface area contributed by atoms with E-state index in [2.05, 4.69) is 11.7 Å². The Morgan fingerprint density at radius 2 is 1.61 bits per heavy atom. The van der Waals surface area contributed by atoms with E-state index < -0.39 is 24.2 Å². The Bertz CT molecular complexity index is 980. The van der Waals surface area contributed by atoms with Gasteiger partial charge in [0, 0.05) is 0 Å². The largest absolute Gasteiger partial charge is 0.439 e. The van der Waals surface area contributed by atoms with Crippen LogP contribution in [0.1, 0.15) is 87.3 Å². The van der Waals surface area contributed by atoms with E-state index >= 15 is 0 Å². The molecule has 0 bridgehead atoms. The first kappa shape index (κ1) is 28.3. The minimum atomic E-state index is -5.74. The van der Waals surface area contributed by atoms with Crippen molar-refractivity contribution in [2.45, 2.75) is 95.5 Å². The summed E-state index contributed by atoms with van der Waals surface area (Å²) in [5, 5.41) is 0. The van der Waals surface area contributed by atoms with E-state index in [-0.39, 0.29) is 23.6 Å². The molecule has 2 unspecified atom stereocenters. The van der Waals surface area contributed by atoms with Crippen LogP contribution in [0.2, 0.25) is 0 Å². The van der Waals surface area contributed by atoms with E-state index in [1.54, 1.807) is 19.1 Å². The quantitative estimate of drug-likeness (QED) is 0.225. The Kier molecular flexibility index (Phi) is 9.33. The molecule has 8 heteroatoms. The van der Waals surface area contributed by atoms with E-state index in [9.17, 15) is 30.7 Å². The summed E-state index contributed by atoms with van der Waals surface area (Å²) in [5.41, 5.74) is 1.98. The number of hydrogen-bond acceptors (Lipinski definition) is 1. The Morgan fingerprint density at radius 3 is 2.22 bits per heavy atom. The number of rotatable bonds is 10. The van der Waals surface area contributed by atoms with Gasteiger partial charge in [0.15, 0.2) is 0 Å². The van der Waals surface area contributed by atoms with E-state index in [0.29, 0.717) is 36.8 Å². The van der Waals surface area contributed by atoms with Gasteiger partial charge in [0.1, 0.15) is 11.6 Å². The van der Waals surface area contributed by atoms with Gasteiger partial charge in [-0.05, 0) is 85.1 Å². The molecule has 0 N–H and O–H groups in total. The Morgan fingerprint density at radius 1 is 0.944 bits per heavy atom. The molecule has 0 aromatic heterocycles. The van der Waals surface area contributed by atoms with Crippen LogP contribution in [-0.2, 0) is 6.42 Å². The highest BCUT2D eigenvalue weighted by atomic mass is 19.4. The molecular formula is C28H33F7O. The molecule has 1 fully saturated rings. The number of hydrogen-bond donors (Lipinski definition) is 0. The topological polar surface area (TPSA) is 9.23 Å². The molecular weight excluding hydrogens is 485 g/mol. The second kappa shape index (κ2) is 11.9. The van der Waals surface area contributed by atoms with Gasteiger partial charge >= 0.3 is 12.3 Å².